The van der Waals surface area contributed by atoms with E-state index < -0.39 is 0 Å². The van der Waals surface area contributed by atoms with Crippen molar-refractivity contribution in [2.24, 2.45) is 0 Å². The fraction of sp³-hybridized carbons (Fsp3) is 0.412. The highest BCUT2D eigenvalue weighted by Crippen LogP contribution is 2.16. The molecule has 0 saturated carbocycles. The Labute approximate surface area is 135 Å². The van der Waals surface area contributed by atoms with Crippen molar-refractivity contribution >= 4 is 12.2 Å². The molecule has 2 rings (SSSR count). The third-order valence-electron chi connectivity index (χ3n) is 3.31. The summed E-state index contributed by atoms with van der Waals surface area (Å²) < 4.78 is 6.02. The Hall–Kier alpha value is -1.88. The molecule has 0 unspecified atom stereocenters. The lowest BCUT2D eigenvalue weighted by atomic mass is 10.0. The van der Waals surface area contributed by atoms with Gasteiger partial charge in [0.15, 0.2) is 4.77 Å². The molecule has 0 fully saturated rings. The van der Waals surface area contributed by atoms with E-state index in [0.717, 1.165) is 35.4 Å². The van der Waals surface area contributed by atoms with Crippen LogP contribution < -0.4 is 10.3 Å². The van der Waals surface area contributed by atoms with Crippen molar-refractivity contribution in [1.29, 1.82) is 0 Å². The monoisotopic (exact) mass is 318 g/mol. The Morgan fingerprint density at radius 2 is 1.86 bits per heavy atom. The van der Waals surface area contributed by atoms with Gasteiger partial charge in [0.2, 0.25) is 0 Å². The van der Waals surface area contributed by atoms with Gasteiger partial charge in [0.05, 0.1) is 6.10 Å². The fourth-order valence-electron chi connectivity index (χ4n) is 2.37. The summed E-state index contributed by atoms with van der Waals surface area (Å²) in [4.78, 5) is 18.0. The molecule has 22 heavy (non-hydrogen) atoms. The van der Waals surface area contributed by atoms with E-state index in [2.05, 4.69) is 16.9 Å². The number of nitrogens with one attached hydrogen (secondary N) is 2. The number of hydrogen-bond acceptors (Lipinski definition) is 3. The Bertz CT molecular complexity index is 730. The van der Waals surface area contributed by atoms with Gasteiger partial charge in [0, 0.05) is 17.7 Å². The molecule has 4 nitrogen and oxygen atoms in total. The highest BCUT2D eigenvalue weighted by atomic mass is 32.1. The normalized spacial score (nSPS) is 10.9. The van der Waals surface area contributed by atoms with Gasteiger partial charge in [-0.2, -0.15) is 0 Å². The molecular weight excluding hydrogens is 296 g/mol. The van der Waals surface area contributed by atoms with Crippen LogP contribution in [0, 0.1) is 4.77 Å². The average molecular weight is 318 g/mol. The van der Waals surface area contributed by atoms with Crippen molar-refractivity contribution in [2.45, 2.75) is 46.1 Å². The van der Waals surface area contributed by atoms with Crippen LogP contribution in [0.25, 0.3) is 0 Å². The summed E-state index contributed by atoms with van der Waals surface area (Å²) in [5.41, 5.74) is 2.66. The fourth-order valence-corrected chi connectivity index (χ4v) is 2.59. The van der Waals surface area contributed by atoms with Crippen molar-refractivity contribution in [1.82, 2.24) is 9.97 Å². The number of benzene rings is 1. The topological polar surface area (TPSA) is 57.9 Å². The van der Waals surface area contributed by atoms with E-state index in [9.17, 15) is 4.79 Å². The predicted molar refractivity (Wildman–Crippen MR) is 91.3 cm³/mol. The van der Waals surface area contributed by atoms with Crippen LogP contribution in [0.1, 0.15) is 44.0 Å². The average Bonchev–Trinajstić information content (AvgIpc) is 2.44. The van der Waals surface area contributed by atoms with Crippen LogP contribution in [0.15, 0.2) is 29.1 Å². The molecule has 0 aliphatic carbocycles. The molecule has 1 heterocycles. The lowest BCUT2D eigenvalue weighted by Gasteiger charge is -2.11. The Morgan fingerprint density at radius 3 is 2.45 bits per heavy atom. The molecule has 2 aromatic rings. The summed E-state index contributed by atoms with van der Waals surface area (Å²) in [6.45, 7) is 6.08. The minimum atomic E-state index is -0.102. The summed E-state index contributed by atoms with van der Waals surface area (Å²) in [7, 11) is 0. The second-order valence-electron chi connectivity index (χ2n) is 5.60. The van der Waals surface area contributed by atoms with Gasteiger partial charge in [-0.15, -0.1) is 0 Å². The number of ether oxygens (including phenoxy) is 1. The first-order chi connectivity index (χ1) is 10.5. The Kier molecular flexibility index (Phi) is 5.55. The van der Waals surface area contributed by atoms with Crippen molar-refractivity contribution in [3.63, 3.8) is 0 Å². The molecule has 0 aliphatic heterocycles. The quantitative estimate of drug-likeness (QED) is 0.797. The van der Waals surface area contributed by atoms with E-state index in [1.54, 1.807) is 0 Å². The minimum Gasteiger partial charge on any atom is -0.491 e. The smallest absolute Gasteiger partial charge is 0.255 e. The number of aromatic nitrogens is 2. The van der Waals surface area contributed by atoms with E-state index in [1.807, 2.05) is 38.1 Å². The standard InChI is InChI=1S/C17H22N2O2S/c1-4-5-15-14(16(20)19-17(22)18-15)10-12-6-8-13(9-7-12)21-11(2)3/h6-9,11H,4-5,10H2,1-3H3,(H2,18,19,20,22). The molecule has 0 aliphatic rings. The van der Waals surface area contributed by atoms with E-state index in [0.29, 0.717) is 11.2 Å². The molecule has 118 valence electrons. The van der Waals surface area contributed by atoms with Crippen molar-refractivity contribution in [3.05, 3.63) is 56.2 Å². The highest BCUT2D eigenvalue weighted by molar-refractivity contribution is 7.71. The first-order valence-corrected chi connectivity index (χ1v) is 8.00. The molecule has 1 aromatic heterocycles. The van der Waals surface area contributed by atoms with Gasteiger partial charge >= 0.3 is 0 Å². The van der Waals surface area contributed by atoms with E-state index >= 15 is 0 Å². The van der Waals surface area contributed by atoms with E-state index in [-0.39, 0.29) is 11.7 Å². The first-order valence-electron chi connectivity index (χ1n) is 7.59. The number of aryl methyl sites for hydroxylation is 1. The van der Waals surface area contributed by atoms with Crippen LogP contribution in [0.4, 0.5) is 0 Å². The van der Waals surface area contributed by atoms with Gasteiger partial charge in [0.1, 0.15) is 5.75 Å². The predicted octanol–water partition coefficient (Wildman–Crippen LogP) is 3.76. The van der Waals surface area contributed by atoms with Crippen LogP contribution >= 0.6 is 12.2 Å². The first kappa shape index (κ1) is 16.5. The zero-order valence-corrected chi connectivity index (χ0v) is 14.0. The summed E-state index contributed by atoms with van der Waals surface area (Å²) in [6.07, 6.45) is 2.51. The lowest BCUT2D eigenvalue weighted by Crippen LogP contribution is -2.18. The van der Waals surface area contributed by atoms with Gasteiger partial charge in [-0.3, -0.25) is 9.78 Å². The minimum absolute atomic E-state index is 0.102. The zero-order chi connectivity index (χ0) is 16.1. The van der Waals surface area contributed by atoms with Gasteiger partial charge < -0.3 is 9.72 Å². The van der Waals surface area contributed by atoms with Crippen molar-refractivity contribution in [3.8, 4) is 5.75 Å². The lowest BCUT2D eigenvalue weighted by molar-refractivity contribution is 0.242. The molecule has 0 saturated heterocycles. The largest absolute Gasteiger partial charge is 0.491 e. The molecular formula is C17H22N2O2S. The van der Waals surface area contributed by atoms with Gasteiger partial charge in [-0.05, 0) is 50.2 Å². The van der Waals surface area contributed by atoms with Gasteiger partial charge in [-0.25, -0.2) is 0 Å². The van der Waals surface area contributed by atoms with Gasteiger partial charge in [0.25, 0.3) is 5.56 Å². The summed E-state index contributed by atoms with van der Waals surface area (Å²) in [6, 6.07) is 7.87. The maximum absolute atomic E-state index is 12.2. The maximum Gasteiger partial charge on any atom is 0.255 e. The Balaban J connectivity index is 2.27. The molecule has 5 heteroatoms. The SMILES string of the molecule is CCCc1[nH]c(=S)[nH]c(=O)c1Cc1ccc(OC(C)C)cc1. The Morgan fingerprint density at radius 1 is 1.18 bits per heavy atom. The van der Waals surface area contributed by atoms with Crippen LogP contribution in [-0.2, 0) is 12.8 Å². The molecule has 0 spiro atoms. The second kappa shape index (κ2) is 7.40. The molecule has 0 amide bonds. The highest BCUT2D eigenvalue weighted by Gasteiger charge is 2.09. The van der Waals surface area contributed by atoms with E-state index in [4.69, 9.17) is 17.0 Å². The van der Waals surface area contributed by atoms with Crippen LogP contribution in [-0.4, -0.2) is 16.1 Å². The van der Waals surface area contributed by atoms with Crippen molar-refractivity contribution < 1.29 is 4.74 Å². The molecule has 0 bridgehead atoms. The van der Waals surface area contributed by atoms with Crippen LogP contribution in [0.3, 0.4) is 0 Å². The van der Waals surface area contributed by atoms with Gasteiger partial charge in [-0.1, -0.05) is 25.5 Å². The molecule has 0 atom stereocenters. The molecule has 0 radical (unpaired) electrons. The third kappa shape index (κ3) is 4.31. The molecule has 1 aromatic carbocycles. The third-order valence-corrected chi connectivity index (χ3v) is 3.51. The van der Waals surface area contributed by atoms with Crippen LogP contribution in [0.5, 0.6) is 5.75 Å². The van der Waals surface area contributed by atoms with E-state index in [1.165, 1.54) is 0 Å². The number of hydrogen-bond donors (Lipinski definition) is 2. The second-order valence-corrected chi connectivity index (χ2v) is 6.01. The molecule has 2 N–H and O–H groups in total. The number of rotatable bonds is 6. The summed E-state index contributed by atoms with van der Waals surface area (Å²) in [5.74, 6) is 0.842. The maximum atomic E-state index is 12.2. The summed E-state index contributed by atoms with van der Waals surface area (Å²) in [5, 5.41) is 0. The number of aromatic amines is 2. The zero-order valence-electron chi connectivity index (χ0n) is 13.2. The van der Waals surface area contributed by atoms with Crippen molar-refractivity contribution in [2.75, 3.05) is 0 Å². The summed E-state index contributed by atoms with van der Waals surface area (Å²) >= 11 is 5.06. The van der Waals surface area contributed by atoms with Crippen LogP contribution in [0.2, 0.25) is 0 Å². The number of H-pyrrole nitrogens is 2.